The third-order valence-corrected chi connectivity index (χ3v) is 4.22. The molecule has 1 aromatic rings. The molecule has 2 rings (SSSR count). The van der Waals surface area contributed by atoms with E-state index in [1.165, 1.54) is 24.8 Å². The lowest BCUT2D eigenvalue weighted by Gasteiger charge is -2.34. The van der Waals surface area contributed by atoms with Gasteiger partial charge in [0.15, 0.2) is 0 Å². The van der Waals surface area contributed by atoms with Gasteiger partial charge in [0.2, 0.25) is 0 Å². The highest BCUT2D eigenvalue weighted by Gasteiger charge is 2.22. The van der Waals surface area contributed by atoms with Crippen molar-refractivity contribution in [1.29, 1.82) is 0 Å². The minimum Gasteiger partial charge on any atom is -0.370 e. The average molecular weight is 276 g/mol. The molecule has 2 heterocycles. The molecule has 1 aromatic heterocycles. The van der Waals surface area contributed by atoms with E-state index in [1.807, 2.05) is 0 Å². The molecule has 0 aliphatic carbocycles. The molecule has 1 aliphatic heterocycles. The molecule has 1 N–H and O–H groups in total. The Morgan fingerprint density at radius 3 is 2.70 bits per heavy atom. The second kappa shape index (κ2) is 6.91. The molecule has 1 atom stereocenters. The van der Waals surface area contributed by atoms with Crippen LogP contribution in [0.5, 0.6) is 0 Å². The standard InChI is InChI=1S/C16H28N4/c1-5-13-9-8-10-20(11-13)16-12(4)15(17-7-3)18-14(6-2)19-16/h13H,5-11H2,1-4H3,(H,17,18,19). The van der Waals surface area contributed by atoms with Crippen molar-refractivity contribution in [2.45, 2.75) is 53.4 Å². The summed E-state index contributed by atoms with van der Waals surface area (Å²) in [6.07, 6.45) is 4.79. The fourth-order valence-corrected chi connectivity index (χ4v) is 2.95. The van der Waals surface area contributed by atoms with E-state index in [-0.39, 0.29) is 0 Å². The molecule has 4 nitrogen and oxygen atoms in total. The van der Waals surface area contributed by atoms with Gasteiger partial charge < -0.3 is 10.2 Å². The van der Waals surface area contributed by atoms with Crippen LogP contribution >= 0.6 is 0 Å². The van der Waals surface area contributed by atoms with Crippen molar-refractivity contribution in [3.05, 3.63) is 11.4 Å². The third-order valence-electron chi connectivity index (χ3n) is 4.22. The molecule has 112 valence electrons. The Labute approximate surface area is 123 Å². The molecule has 0 spiro atoms. The van der Waals surface area contributed by atoms with Crippen molar-refractivity contribution in [3.8, 4) is 0 Å². The van der Waals surface area contributed by atoms with E-state index in [0.29, 0.717) is 0 Å². The summed E-state index contributed by atoms with van der Waals surface area (Å²) in [5, 5.41) is 3.38. The third kappa shape index (κ3) is 3.22. The largest absolute Gasteiger partial charge is 0.370 e. The van der Waals surface area contributed by atoms with Crippen LogP contribution in [0.15, 0.2) is 0 Å². The summed E-state index contributed by atoms with van der Waals surface area (Å²) in [5.41, 5.74) is 1.20. The predicted octanol–water partition coefficient (Wildman–Crippen LogP) is 3.41. The summed E-state index contributed by atoms with van der Waals surface area (Å²) in [4.78, 5) is 11.9. The van der Waals surface area contributed by atoms with Gasteiger partial charge in [-0.25, -0.2) is 9.97 Å². The van der Waals surface area contributed by atoms with Crippen LogP contribution < -0.4 is 10.2 Å². The lowest BCUT2D eigenvalue weighted by molar-refractivity contribution is 0.402. The lowest BCUT2D eigenvalue weighted by atomic mass is 9.95. The Bertz CT molecular complexity index is 444. The highest BCUT2D eigenvalue weighted by molar-refractivity contribution is 5.58. The van der Waals surface area contributed by atoms with Crippen LogP contribution in [0.1, 0.15) is 51.4 Å². The van der Waals surface area contributed by atoms with Gasteiger partial charge in [-0.05, 0) is 32.6 Å². The fraction of sp³-hybridized carbons (Fsp3) is 0.750. The molecule has 0 amide bonds. The smallest absolute Gasteiger partial charge is 0.137 e. The second-order valence-corrected chi connectivity index (χ2v) is 5.68. The van der Waals surface area contributed by atoms with Crippen LogP contribution in [0.3, 0.4) is 0 Å². The minimum atomic E-state index is 0.811. The second-order valence-electron chi connectivity index (χ2n) is 5.68. The number of nitrogens with zero attached hydrogens (tertiary/aromatic N) is 3. The Morgan fingerprint density at radius 1 is 1.25 bits per heavy atom. The van der Waals surface area contributed by atoms with Crippen molar-refractivity contribution < 1.29 is 0 Å². The number of piperidine rings is 1. The van der Waals surface area contributed by atoms with Gasteiger partial charge in [-0.1, -0.05) is 20.3 Å². The van der Waals surface area contributed by atoms with E-state index in [1.54, 1.807) is 0 Å². The van der Waals surface area contributed by atoms with Crippen LogP contribution in [0.4, 0.5) is 11.6 Å². The number of hydrogen-bond acceptors (Lipinski definition) is 4. The monoisotopic (exact) mass is 276 g/mol. The van der Waals surface area contributed by atoms with Gasteiger partial charge in [0.05, 0.1) is 0 Å². The quantitative estimate of drug-likeness (QED) is 0.895. The molecular formula is C16H28N4. The first-order valence-electron chi connectivity index (χ1n) is 8.05. The van der Waals surface area contributed by atoms with E-state index in [4.69, 9.17) is 4.98 Å². The number of aromatic nitrogens is 2. The zero-order valence-electron chi connectivity index (χ0n) is 13.4. The summed E-state index contributed by atoms with van der Waals surface area (Å²) in [6, 6.07) is 0. The zero-order valence-corrected chi connectivity index (χ0v) is 13.4. The topological polar surface area (TPSA) is 41.1 Å². The molecule has 0 bridgehead atoms. The molecule has 1 fully saturated rings. The summed E-state index contributed by atoms with van der Waals surface area (Å²) < 4.78 is 0. The first-order chi connectivity index (χ1) is 9.69. The maximum Gasteiger partial charge on any atom is 0.137 e. The van der Waals surface area contributed by atoms with Crippen molar-refractivity contribution in [2.75, 3.05) is 29.9 Å². The normalized spacial score (nSPS) is 19.2. The van der Waals surface area contributed by atoms with E-state index in [9.17, 15) is 0 Å². The maximum atomic E-state index is 4.80. The minimum absolute atomic E-state index is 0.811. The summed E-state index contributed by atoms with van der Waals surface area (Å²) in [5.74, 6) is 3.91. The number of aryl methyl sites for hydroxylation is 1. The van der Waals surface area contributed by atoms with Crippen molar-refractivity contribution >= 4 is 11.6 Å². The predicted molar refractivity (Wildman–Crippen MR) is 85.5 cm³/mol. The van der Waals surface area contributed by atoms with Crippen LogP contribution in [-0.2, 0) is 6.42 Å². The molecule has 0 saturated carbocycles. The molecule has 0 radical (unpaired) electrons. The van der Waals surface area contributed by atoms with Gasteiger partial charge >= 0.3 is 0 Å². The first kappa shape index (κ1) is 15.1. The Morgan fingerprint density at radius 2 is 2.05 bits per heavy atom. The average Bonchev–Trinajstić information content (AvgIpc) is 2.49. The Balaban J connectivity index is 2.31. The van der Waals surface area contributed by atoms with E-state index in [0.717, 1.165) is 49.4 Å². The van der Waals surface area contributed by atoms with E-state index < -0.39 is 0 Å². The van der Waals surface area contributed by atoms with Crippen LogP contribution in [0, 0.1) is 12.8 Å². The van der Waals surface area contributed by atoms with Gasteiger partial charge in [-0.2, -0.15) is 0 Å². The fourth-order valence-electron chi connectivity index (χ4n) is 2.95. The van der Waals surface area contributed by atoms with Crippen molar-refractivity contribution in [3.63, 3.8) is 0 Å². The SMILES string of the molecule is CCNc1nc(CC)nc(N2CCCC(CC)C2)c1C. The number of nitrogens with one attached hydrogen (secondary N) is 1. The van der Waals surface area contributed by atoms with Gasteiger partial charge in [-0.15, -0.1) is 0 Å². The van der Waals surface area contributed by atoms with Crippen LogP contribution in [0.2, 0.25) is 0 Å². The van der Waals surface area contributed by atoms with Gasteiger partial charge in [0, 0.05) is 31.6 Å². The number of hydrogen-bond donors (Lipinski definition) is 1. The van der Waals surface area contributed by atoms with Gasteiger partial charge in [0.1, 0.15) is 17.5 Å². The van der Waals surface area contributed by atoms with Crippen molar-refractivity contribution in [1.82, 2.24) is 9.97 Å². The van der Waals surface area contributed by atoms with Gasteiger partial charge in [-0.3, -0.25) is 0 Å². The zero-order chi connectivity index (χ0) is 14.5. The molecular weight excluding hydrogens is 248 g/mol. The lowest BCUT2D eigenvalue weighted by Crippen LogP contribution is -2.36. The van der Waals surface area contributed by atoms with E-state index >= 15 is 0 Å². The molecule has 0 aromatic carbocycles. The van der Waals surface area contributed by atoms with Crippen LogP contribution in [-0.4, -0.2) is 29.6 Å². The maximum absolute atomic E-state index is 4.80. The van der Waals surface area contributed by atoms with E-state index in [2.05, 4.69) is 42.9 Å². The molecule has 1 aliphatic rings. The highest BCUT2D eigenvalue weighted by Crippen LogP contribution is 2.28. The van der Waals surface area contributed by atoms with Crippen LogP contribution in [0.25, 0.3) is 0 Å². The Hall–Kier alpha value is -1.32. The summed E-state index contributed by atoms with van der Waals surface area (Å²) >= 11 is 0. The molecule has 4 heteroatoms. The van der Waals surface area contributed by atoms with Crippen molar-refractivity contribution in [2.24, 2.45) is 5.92 Å². The first-order valence-corrected chi connectivity index (χ1v) is 8.05. The molecule has 1 unspecified atom stereocenters. The number of rotatable bonds is 5. The molecule has 1 saturated heterocycles. The Kier molecular flexibility index (Phi) is 5.21. The number of anilines is 2. The highest BCUT2D eigenvalue weighted by atomic mass is 15.2. The summed E-state index contributed by atoms with van der Waals surface area (Å²) in [6.45, 7) is 11.8. The molecule has 20 heavy (non-hydrogen) atoms. The van der Waals surface area contributed by atoms with Gasteiger partial charge in [0.25, 0.3) is 0 Å². The summed E-state index contributed by atoms with van der Waals surface area (Å²) in [7, 11) is 0.